The Balaban J connectivity index is 1.50. The average Bonchev–Trinajstić information content (AvgIpc) is 3.48. The third kappa shape index (κ3) is 6.78. The largest absolute Gasteiger partial charge is 0.493 e. The first-order valence-electron chi connectivity index (χ1n) is 10.4. The number of thiazole rings is 1. The van der Waals surface area contributed by atoms with E-state index in [-0.39, 0.29) is 12.3 Å². The van der Waals surface area contributed by atoms with Gasteiger partial charge in [-0.05, 0) is 42.2 Å². The van der Waals surface area contributed by atoms with Crippen LogP contribution in [0.5, 0.6) is 11.5 Å². The molecular formula is C23H29N3O3S2. The lowest BCUT2D eigenvalue weighted by Crippen LogP contribution is -2.28. The number of thiophene rings is 1. The van der Waals surface area contributed by atoms with Crippen LogP contribution < -0.4 is 14.8 Å². The highest BCUT2D eigenvalue weighted by molar-refractivity contribution is 7.14. The highest BCUT2D eigenvalue weighted by Gasteiger charge is 2.11. The lowest BCUT2D eigenvalue weighted by Gasteiger charge is -2.19. The Labute approximate surface area is 191 Å². The van der Waals surface area contributed by atoms with Crippen molar-refractivity contribution >= 4 is 28.6 Å². The van der Waals surface area contributed by atoms with Crippen molar-refractivity contribution in [2.75, 3.05) is 33.4 Å². The van der Waals surface area contributed by atoms with Crippen LogP contribution in [0.15, 0.2) is 40.4 Å². The van der Waals surface area contributed by atoms with Crippen molar-refractivity contribution in [3.63, 3.8) is 0 Å². The number of likely N-dealkylation sites (N-methyl/N-ethyl adjacent to an activating group) is 1. The molecule has 6 nitrogen and oxygen atoms in total. The van der Waals surface area contributed by atoms with Crippen LogP contribution in [-0.2, 0) is 17.8 Å². The maximum absolute atomic E-state index is 12.4. The summed E-state index contributed by atoms with van der Waals surface area (Å²) in [6, 6.07) is 7.80. The van der Waals surface area contributed by atoms with Crippen LogP contribution in [0.1, 0.15) is 25.1 Å². The van der Waals surface area contributed by atoms with Gasteiger partial charge in [0.1, 0.15) is 11.6 Å². The van der Waals surface area contributed by atoms with Crippen molar-refractivity contribution < 1.29 is 14.3 Å². The van der Waals surface area contributed by atoms with Crippen molar-refractivity contribution in [2.24, 2.45) is 0 Å². The van der Waals surface area contributed by atoms with E-state index in [1.54, 1.807) is 29.8 Å². The minimum absolute atomic E-state index is 0.0549. The first-order chi connectivity index (χ1) is 15.1. The molecule has 1 aromatic carbocycles. The molecule has 2 aromatic heterocycles. The van der Waals surface area contributed by atoms with Crippen molar-refractivity contribution in [1.29, 1.82) is 0 Å². The van der Waals surface area contributed by atoms with Gasteiger partial charge in [0.2, 0.25) is 5.91 Å². The summed E-state index contributed by atoms with van der Waals surface area (Å²) in [5.74, 6) is 1.33. The van der Waals surface area contributed by atoms with Gasteiger partial charge in [-0.25, -0.2) is 4.98 Å². The molecule has 3 rings (SSSR count). The summed E-state index contributed by atoms with van der Waals surface area (Å²) in [5.41, 5.74) is 2.85. The van der Waals surface area contributed by atoms with Gasteiger partial charge in [-0.15, -0.1) is 11.3 Å². The standard InChI is InChI=1S/C23H29N3O3S2/c1-4-26(5-2)9-10-29-20-7-6-17(12-21(20)28-3)14-24-22(27)13-19-16-31-23(25-19)18-8-11-30-15-18/h6-8,11-12,15-16H,4-5,9-10,13-14H2,1-3H3,(H,24,27). The number of nitrogens with one attached hydrogen (secondary N) is 1. The van der Waals surface area contributed by atoms with Crippen LogP contribution in [0.3, 0.4) is 0 Å². The molecule has 0 spiro atoms. The number of rotatable bonds is 12. The van der Waals surface area contributed by atoms with Crippen LogP contribution in [0, 0.1) is 0 Å². The SMILES string of the molecule is CCN(CC)CCOc1ccc(CNC(=O)Cc2csc(-c3ccsc3)n2)cc1OC. The summed E-state index contributed by atoms with van der Waals surface area (Å²) in [6.45, 7) is 8.20. The maximum atomic E-state index is 12.4. The zero-order chi connectivity index (χ0) is 22.1. The minimum atomic E-state index is -0.0549. The molecule has 0 fully saturated rings. The minimum Gasteiger partial charge on any atom is -0.493 e. The van der Waals surface area contributed by atoms with E-state index in [2.05, 4.69) is 34.4 Å². The Morgan fingerprint density at radius 2 is 2.00 bits per heavy atom. The van der Waals surface area contributed by atoms with Crippen molar-refractivity contribution in [3.05, 3.63) is 51.7 Å². The fourth-order valence-corrected chi connectivity index (χ4v) is 4.63. The van der Waals surface area contributed by atoms with Gasteiger partial charge in [0, 0.05) is 29.4 Å². The van der Waals surface area contributed by atoms with Gasteiger partial charge in [-0.1, -0.05) is 19.9 Å². The molecule has 0 aliphatic heterocycles. The highest BCUT2D eigenvalue weighted by Crippen LogP contribution is 2.28. The maximum Gasteiger partial charge on any atom is 0.226 e. The number of aromatic nitrogens is 1. The van der Waals surface area contributed by atoms with E-state index < -0.39 is 0 Å². The summed E-state index contributed by atoms with van der Waals surface area (Å²) >= 11 is 3.20. The Kier molecular flexibility index (Phi) is 8.87. The second-order valence-corrected chi connectivity index (χ2v) is 8.61. The first-order valence-corrected chi connectivity index (χ1v) is 12.2. The van der Waals surface area contributed by atoms with Crippen LogP contribution in [0.2, 0.25) is 0 Å². The molecule has 0 saturated heterocycles. The van der Waals surface area contributed by atoms with E-state index in [9.17, 15) is 4.79 Å². The van der Waals surface area contributed by atoms with Crippen LogP contribution in [0.4, 0.5) is 0 Å². The molecule has 8 heteroatoms. The van der Waals surface area contributed by atoms with Gasteiger partial charge in [0.05, 0.1) is 19.2 Å². The molecule has 1 N–H and O–H groups in total. The molecule has 166 valence electrons. The number of benzene rings is 1. The molecule has 3 aromatic rings. The fourth-order valence-electron chi connectivity index (χ4n) is 3.10. The van der Waals surface area contributed by atoms with Crippen LogP contribution >= 0.6 is 22.7 Å². The van der Waals surface area contributed by atoms with E-state index >= 15 is 0 Å². The predicted molar refractivity (Wildman–Crippen MR) is 127 cm³/mol. The van der Waals surface area contributed by atoms with Gasteiger partial charge in [0.25, 0.3) is 0 Å². The molecule has 0 aliphatic rings. The fraction of sp³-hybridized carbons (Fsp3) is 0.391. The van der Waals surface area contributed by atoms with Crippen molar-refractivity contribution in [2.45, 2.75) is 26.8 Å². The van der Waals surface area contributed by atoms with Gasteiger partial charge in [0.15, 0.2) is 11.5 Å². The monoisotopic (exact) mass is 459 g/mol. The second-order valence-electron chi connectivity index (χ2n) is 6.97. The van der Waals surface area contributed by atoms with E-state index in [4.69, 9.17) is 9.47 Å². The third-order valence-electron chi connectivity index (χ3n) is 4.94. The summed E-state index contributed by atoms with van der Waals surface area (Å²) < 4.78 is 11.4. The molecule has 0 radical (unpaired) electrons. The molecule has 0 unspecified atom stereocenters. The topological polar surface area (TPSA) is 63.7 Å². The number of ether oxygens (including phenoxy) is 2. The van der Waals surface area contributed by atoms with Crippen molar-refractivity contribution in [1.82, 2.24) is 15.2 Å². The Morgan fingerprint density at radius 3 is 2.71 bits per heavy atom. The van der Waals surface area contributed by atoms with E-state index in [0.29, 0.717) is 24.7 Å². The van der Waals surface area contributed by atoms with Crippen molar-refractivity contribution in [3.8, 4) is 22.1 Å². The molecule has 0 atom stereocenters. The quantitative estimate of drug-likeness (QED) is 0.433. The van der Waals surface area contributed by atoms with Crippen LogP contribution in [-0.4, -0.2) is 49.1 Å². The number of amides is 1. The summed E-state index contributed by atoms with van der Waals surface area (Å²) in [4.78, 5) is 19.2. The number of nitrogens with zero attached hydrogens (tertiary/aromatic N) is 2. The molecule has 0 saturated carbocycles. The predicted octanol–water partition coefficient (Wildman–Crippen LogP) is 4.46. The Hall–Kier alpha value is -2.42. The zero-order valence-electron chi connectivity index (χ0n) is 18.2. The number of hydrogen-bond donors (Lipinski definition) is 1. The first kappa shape index (κ1) is 23.2. The summed E-state index contributed by atoms with van der Waals surface area (Å²) in [7, 11) is 1.63. The molecular weight excluding hydrogens is 430 g/mol. The summed E-state index contributed by atoms with van der Waals surface area (Å²) in [6.07, 6.45) is 0.268. The molecule has 2 heterocycles. The number of carbonyl (C=O) groups excluding carboxylic acids is 1. The molecule has 1 amide bonds. The average molecular weight is 460 g/mol. The molecule has 0 aliphatic carbocycles. The van der Waals surface area contributed by atoms with Gasteiger partial charge < -0.3 is 19.7 Å². The third-order valence-corrected chi connectivity index (χ3v) is 6.56. The number of hydrogen-bond acceptors (Lipinski definition) is 7. The van der Waals surface area contributed by atoms with Crippen LogP contribution in [0.25, 0.3) is 10.6 Å². The van der Waals surface area contributed by atoms with Gasteiger partial charge >= 0.3 is 0 Å². The zero-order valence-corrected chi connectivity index (χ0v) is 19.9. The Bertz CT molecular complexity index is 953. The normalized spacial score (nSPS) is 11.0. The number of carbonyl (C=O) groups is 1. The molecule has 0 bridgehead atoms. The van der Waals surface area contributed by atoms with E-state index in [0.717, 1.165) is 41.5 Å². The lowest BCUT2D eigenvalue weighted by atomic mass is 10.2. The molecule has 31 heavy (non-hydrogen) atoms. The smallest absolute Gasteiger partial charge is 0.226 e. The van der Waals surface area contributed by atoms with E-state index in [1.807, 2.05) is 35.0 Å². The van der Waals surface area contributed by atoms with Gasteiger partial charge in [-0.3, -0.25) is 4.79 Å². The van der Waals surface area contributed by atoms with Gasteiger partial charge in [-0.2, -0.15) is 11.3 Å². The van der Waals surface area contributed by atoms with E-state index in [1.165, 1.54) is 0 Å². The number of methoxy groups -OCH3 is 1. The lowest BCUT2D eigenvalue weighted by molar-refractivity contribution is -0.120. The highest BCUT2D eigenvalue weighted by atomic mass is 32.1. The second kappa shape index (κ2) is 11.8. The summed E-state index contributed by atoms with van der Waals surface area (Å²) in [5, 5.41) is 9.94. The Morgan fingerprint density at radius 1 is 1.16 bits per heavy atom.